The second-order valence-corrected chi connectivity index (χ2v) is 4.81. The van der Waals surface area contributed by atoms with Gasteiger partial charge in [-0.05, 0) is 26.0 Å². The summed E-state index contributed by atoms with van der Waals surface area (Å²) in [5.74, 6) is -0.149. The van der Waals surface area contributed by atoms with Gasteiger partial charge in [0.15, 0.2) is 0 Å². The van der Waals surface area contributed by atoms with Crippen molar-refractivity contribution >= 4 is 17.6 Å². The normalized spacial score (nSPS) is 17.0. The van der Waals surface area contributed by atoms with E-state index in [0.29, 0.717) is 11.7 Å². The molecule has 0 aliphatic carbocycles. The molecule has 0 bridgehead atoms. The number of hydrogen-bond donors (Lipinski definition) is 1. The number of carboxylic acids is 1. The van der Waals surface area contributed by atoms with Crippen molar-refractivity contribution in [1.82, 2.24) is 15.2 Å². The van der Waals surface area contributed by atoms with Crippen LogP contribution in [0.1, 0.15) is 11.4 Å². The molecular formula is C14H14N4O3. The van der Waals surface area contributed by atoms with E-state index in [0.717, 1.165) is 17.1 Å². The number of ether oxygens (including phenoxy) is 1. The first-order valence-electron chi connectivity index (χ1n) is 6.50. The van der Waals surface area contributed by atoms with Crippen LogP contribution in [0.5, 0.6) is 5.75 Å². The fraction of sp³-hybridized carbons (Fsp3) is 0.286. The Morgan fingerprint density at radius 3 is 2.76 bits per heavy atom. The molecule has 7 heteroatoms. The maximum atomic E-state index is 11.3. The van der Waals surface area contributed by atoms with Crippen molar-refractivity contribution in [2.45, 2.75) is 20.0 Å². The van der Waals surface area contributed by atoms with Crippen LogP contribution in [-0.4, -0.2) is 38.9 Å². The fourth-order valence-electron chi connectivity index (χ4n) is 2.11. The van der Waals surface area contributed by atoms with E-state index < -0.39 is 12.1 Å². The Bertz CT molecular complexity index is 704. The lowest BCUT2D eigenvalue weighted by Crippen LogP contribution is -2.43. The van der Waals surface area contributed by atoms with Crippen molar-refractivity contribution < 1.29 is 14.6 Å². The van der Waals surface area contributed by atoms with E-state index in [1.807, 2.05) is 26.0 Å². The molecule has 0 spiro atoms. The molecule has 0 saturated heterocycles. The van der Waals surface area contributed by atoms with Gasteiger partial charge in [0.1, 0.15) is 5.75 Å². The summed E-state index contributed by atoms with van der Waals surface area (Å²) in [6.45, 7) is 3.80. The smallest absolute Gasteiger partial charge is 0.346 e. The van der Waals surface area contributed by atoms with E-state index in [1.54, 1.807) is 17.0 Å². The first-order chi connectivity index (χ1) is 10.1. The zero-order valence-corrected chi connectivity index (χ0v) is 11.6. The predicted octanol–water partition coefficient (Wildman–Crippen LogP) is 1.47. The third kappa shape index (κ3) is 2.37. The number of aryl methyl sites for hydroxylation is 2. The van der Waals surface area contributed by atoms with E-state index in [2.05, 4.69) is 15.2 Å². The van der Waals surface area contributed by atoms with Crippen LogP contribution < -0.4 is 9.64 Å². The van der Waals surface area contributed by atoms with Gasteiger partial charge < -0.3 is 14.7 Å². The van der Waals surface area contributed by atoms with Crippen LogP contribution in [0.15, 0.2) is 24.3 Å². The fourth-order valence-corrected chi connectivity index (χ4v) is 2.11. The average molecular weight is 286 g/mol. The van der Waals surface area contributed by atoms with Gasteiger partial charge in [-0.1, -0.05) is 12.1 Å². The standard InChI is InChI=1S/C14H14N4O3/c1-8-9(2)16-17-14(15-8)18-7-12(13(19)20)21-11-6-4-3-5-10(11)18/h3-6,12H,7H2,1-2H3,(H,19,20). The molecule has 2 aromatic rings. The number of carboxylic acid groups (broad SMARTS) is 1. The number of fused-ring (bicyclic) bond motifs is 1. The summed E-state index contributed by atoms with van der Waals surface area (Å²) in [7, 11) is 0. The quantitative estimate of drug-likeness (QED) is 0.894. The third-order valence-corrected chi connectivity index (χ3v) is 3.37. The SMILES string of the molecule is Cc1nnc(N2CC(C(=O)O)Oc3ccccc32)nc1C. The highest BCUT2D eigenvalue weighted by molar-refractivity contribution is 5.78. The lowest BCUT2D eigenvalue weighted by Gasteiger charge is -2.32. The number of carbonyl (C=O) groups is 1. The summed E-state index contributed by atoms with van der Waals surface area (Å²) in [5.41, 5.74) is 2.24. The molecule has 2 heterocycles. The lowest BCUT2D eigenvalue weighted by atomic mass is 10.2. The molecule has 1 atom stereocenters. The molecule has 1 N–H and O–H groups in total. The Hall–Kier alpha value is -2.70. The molecule has 1 aliphatic heterocycles. The number of nitrogens with zero attached hydrogens (tertiary/aromatic N) is 4. The summed E-state index contributed by atoms with van der Waals surface area (Å²) in [5, 5.41) is 17.3. The minimum absolute atomic E-state index is 0.135. The van der Waals surface area contributed by atoms with E-state index in [1.165, 1.54) is 0 Å². The summed E-state index contributed by atoms with van der Waals surface area (Å²) in [6, 6.07) is 7.21. The largest absolute Gasteiger partial charge is 0.478 e. The molecule has 0 saturated carbocycles. The number of anilines is 2. The number of aromatic nitrogens is 3. The lowest BCUT2D eigenvalue weighted by molar-refractivity contribution is -0.144. The molecule has 0 radical (unpaired) electrons. The van der Waals surface area contributed by atoms with Crippen LogP contribution in [0.25, 0.3) is 0 Å². The molecule has 1 aliphatic rings. The Balaban J connectivity index is 2.07. The van der Waals surface area contributed by atoms with Crippen LogP contribution in [0.3, 0.4) is 0 Å². The molecule has 3 rings (SSSR count). The molecule has 1 unspecified atom stereocenters. The molecule has 108 valence electrons. The van der Waals surface area contributed by atoms with Crippen molar-refractivity contribution in [3.63, 3.8) is 0 Å². The van der Waals surface area contributed by atoms with Crippen molar-refractivity contribution in [3.8, 4) is 5.75 Å². The Morgan fingerprint density at radius 1 is 1.29 bits per heavy atom. The van der Waals surface area contributed by atoms with Crippen LogP contribution in [0.4, 0.5) is 11.6 Å². The van der Waals surface area contributed by atoms with Crippen molar-refractivity contribution in [2.24, 2.45) is 0 Å². The zero-order valence-electron chi connectivity index (χ0n) is 11.6. The first kappa shape index (κ1) is 13.3. The molecule has 1 aromatic heterocycles. The molecule has 21 heavy (non-hydrogen) atoms. The summed E-state index contributed by atoms with van der Waals surface area (Å²) in [6.07, 6.45) is -0.967. The number of rotatable bonds is 2. The Morgan fingerprint density at radius 2 is 2.05 bits per heavy atom. The van der Waals surface area contributed by atoms with Gasteiger partial charge in [0.05, 0.1) is 23.6 Å². The highest BCUT2D eigenvalue weighted by Crippen LogP contribution is 2.36. The molecule has 0 amide bonds. The van der Waals surface area contributed by atoms with E-state index >= 15 is 0 Å². The average Bonchev–Trinajstić information content (AvgIpc) is 2.49. The maximum absolute atomic E-state index is 11.3. The summed E-state index contributed by atoms with van der Waals surface area (Å²) in [4.78, 5) is 17.4. The van der Waals surface area contributed by atoms with Gasteiger partial charge in [-0.25, -0.2) is 9.78 Å². The minimum Gasteiger partial charge on any atom is -0.478 e. The minimum atomic E-state index is -1.02. The highest BCUT2D eigenvalue weighted by atomic mass is 16.5. The topological polar surface area (TPSA) is 88.4 Å². The van der Waals surface area contributed by atoms with Crippen LogP contribution in [-0.2, 0) is 4.79 Å². The van der Waals surface area contributed by atoms with Crippen LogP contribution in [0.2, 0.25) is 0 Å². The van der Waals surface area contributed by atoms with Gasteiger partial charge in [-0.15, -0.1) is 5.10 Å². The third-order valence-electron chi connectivity index (χ3n) is 3.37. The number of benzene rings is 1. The van der Waals surface area contributed by atoms with Gasteiger partial charge in [0.2, 0.25) is 12.1 Å². The first-order valence-corrected chi connectivity index (χ1v) is 6.50. The van der Waals surface area contributed by atoms with E-state index in [4.69, 9.17) is 4.74 Å². The van der Waals surface area contributed by atoms with E-state index in [9.17, 15) is 9.90 Å². The molecule has 7 nitrogen and oxygen atoms in total. The zero-order chi connectivity index (χ0) is 15.0. The van der Waals surface area contributed by atoms with Crippen LogP contribution >= 0.6 is 0 Å². The molecule has 1 aromatic carbocycles. The van der Waals surface area contributed by atoms with E-state index in [-0.39, 0.29) is 6.54 Å². The van der Waals surface area contributed by atoms with Crippen molar-refractivity contribution in [2.75, 3.05) is 11.4 Å². The maximum Gasteiger partial charge on any atom is 0.346 e. The highest BCUT2D eigenvalue weighted by Gasteiger charge is 2.32. The van der Waals surface area contributed by atoms with Crippen molar-refractivity contribution in [3.05, 3.63) is 35.7 Å². The van der Waals surface area contributed by atoms with Crippen LogP contribution in [0, 0.1) is 13.8 Å². The van der Waals surface area contributed by atoms with Crippen molar-refractivity contribution in [1.29, 1.82) is 0 Å². The van der Waals surface area contributed by atoms with Gasteiger partial charge >= 0.3 is 5.97 Å². The summed E-state index contributed by atoms with van der Waals surface area (Å²) < 4.78 is 5.48. The Kier molecular flexibility index (Phi) is 3.17. The molecule has 0 fully saturated rings. The van der Waals surface area contributed by atoms with Gasteiger partial charge in [-0.2, -0.15) is 5.10 Å². The second kappa shape index (κ2) is 5.01. The molecular weight excluding hydrogens is 272 g/mol. The number of aliphatic carboxylic acids is 1. The second-order valence-electron chi connectivity index (χ2n) is 4.81. The summed E-state index contributed by atoms with van der Waals surface area (Å²) >= 11 is 0. The van der Waals surface area contributed by atoms with Gasteiger partial charge in [0, 0.05) is 0 Å². The monoisotopic (exact) mass is 286 g/mol. The Labute approximate surface area is 121 Å². The van der Waals surface area contributed by atoms with Gasteiger partial charge in [0.25, 0.3) is 0 Å². The number of hydrogen-bond acceptors (Lipinski definition) is 6. The number of para-hydroxylation sites is 2. The predicted molar refractivity (Wildman–Crippen MR) is 74.8 cm³/mol. The van der Waals surface area contributed by atoms with Gasteiger partial charge in [-0.3, -0.25) is 0 Å².